The highest BCUT2D eigenvalue weighted by molar-refractivity contribution is 5.42. The number of anilines is 2. The van der Waals surface area contributed by atoms with Gasteiger partial charge in [0.2, 0.25) is 0 Å². The topological polar surface area (TPSA) is 70.5 Å². The Bertz CT molecular complexity index is 719. The molecule has 0 atom stereocenters. The fourth-order valence-electron chi connectivity index (χ4n) is 2.27. The Hall–Kier alpha value is -3.14. The standard InChI is InChI=1S/C20H20N2O2/c21-17-4-8-19(9-5-17)23-13-15-2-1-3-16(12-15)14-24-20-10-6-18(22)7-11-20/h1-12H,13-14,21-22H2. The molecule has 0 spiro atoms. The zero-order chi connectivity index (χ0) is 16.8. The molecule has 3 aromatic carbocycles. The fourth-order valence-corrected chi connectivity index (χ4v) is 2.27. The Morgan fingerprint density at radius 3 is 1.42 bits per heavy atom. The first-order valence-corrected chi connectivity index (χ1v) is 7.73. The van der Waals surface area contributed by atoms with Gasteiger partial charge in [-0.1, -0.05) is 18.2 Å². The van der Waals surface area contributed by atoms with E-state index in [1.807, 2.05) is 66.7 Å². The van der Waals surface area contributed by atoms with Crippen molar-refractivity contribution < 1.29 is 9.47 Å². The molecule has 0 fully saturated rings. The smallest absolute Gasteiger partial charge is 0.119 e. The van der Waals surface area contributed by atoms with Crippen molar-refractivity contribution in [1.29, 1.82) is 0 Å². The highest BCUT2D eigenvalue weighted by Crippen LogP contribution is 2.17. The van der Waals surface area contributed by atoms with Crippen LogP contribution in [-0.4, -0.2) is 0 Å². The largest absolute Gasteiger partial charge is 0.489 e. The summed E-state index contributed by atoms with van der Waals surface area (Å²) in [5.74, 6) is 1.60. The zero-order valence-corrected chi connectivity index (χ0v) is 13.3. The molecule has 0 saturated heterocycles. The lowest BCUT2D eigenvalue weighted by Gasteiger charge is -2.10. The van der Waals surface area contributed by atoms with Crippen molar-refractivity contribution in [2.45, 2.75) is 13.2 Å². The number of rotatable bonds is 6. The molecule has 0 amide bonds. The molecule has 4 N–H and O–H groups in total. The second-order valence-electron chi connectivity index (χ2n) is 5.54. The van der Waals surface area contributed by atoms with E-state index in [1.54, 1.807) is 0 Å². The van der Waals surface area contributed by atoms with Gasteiger partial charge in [-0.3, -0.25) is 0 Å². The number of hydrogen-bond acceptors (Lipinski definition) is 4. The number of benzene rings is 3. The molecule has 0 aliphatic carbocycles. The minimum atomic E-state index is 0.500. The average Bonchev–Trinajstić information content (AvgIpc) is 2.61. The summed E-state index contributed by atoms with van der Waals surface area (Å²) >= 11 is 0. The summed E-state index contributed by atoms with van der Waals surface area (Å²) in [6.45, 7) is 0.999. The van der Waals surface area contributed by atoms with Crippen LogP contribution in [0.5, 0.6) is 11.5 Å². The minimum absolute atomic E-state index is 0.500. The van der Waals surface area contributed by atoms with Crippen LogP contribution in [0.2, 0.25) is 0 Å². The molecule has 0 aliphatic rings. The molecular formula is C20H20N2O2. The van der Waals surface area contributed by atoms with Crippen LogP contribution in [0.4, 0.5) is 11.4 Å². The van der Waals surface area contributed by atoms with Gasteiger partial charge >= 0.3 is 0 Å². The summed E-state index contributed by atoms with van der Waals surface area (Å²) in [6.07, 6.45) is 0. The van der Waals surface area contributed by atoms with E-state index in [1.165, 1.54) is 0 Å². The first kappa shape index (κ1) is 15.7. The molecular weight excluding hydrogens is 300 g/mol. The molecule has 4 nitrogen and oxygen atoms in total. The van der Waals surface area contributed by atoms with Crippen molar-refractivity contribution in [1.82, 2.24) is 0 Å². The van der Waals surface area contributed by atoms with Crippen LogP contribution >= 0.6 is 0 Å². The molecule has 0 heterocycles. The van der Waals surface area contributed by atoms with Crippen molar-refractivity contribution >= 4 is 11.4 Å². The average molecular weight is 320 g/mol. The maximum Gasteiger partial charge on any atom is 0.119 e. The van der Waals surface area contributed by atoms with E-state index in [9.17, 15) is 0 Å². The summed E-state index contributed by atoms with van der Waals surface area (Å²) in [4.78, 5) is 0. The lowest BCUT2D eigenvalue weighted by molar-refractivity contribution is 0.300. The molecule has 24 heavy (non-hydrogen) atoms. The quantitative estimate of drug-likeness (QED) is 0.673. The van der Waals surface area contributed by atoms with Crippen molar-refractivity contribution in [3.63, 3.8) is 0 Å². The Morgan fingerprint density at radius 2 is 1.00 bits per heavy atom. The Balaban J connectivity index is 1.57. The summed E-state index contributed by atoms with van der Waals surface area (Å²) in [5.41, 5.74) is 15.0. The number of ether oxygens (including phenoxy) is 2. The SMILES string of the molecule is Nc1ccc(OCc2cccc(COc3ccc(N)cc3)c2)cc1. The van der Waals surface area contributed by atoms with E-state index in [0.717, 1.165) is 34.0 Å². The molecule has 3 rings (SSSR count). The fraction of sp³-hybridized carbons (Fsp3) is 0.100. The second kappa shape index (κ2) is 7.42. The monoisotopic (exact) mass is 320 g/mol. The first-order chi connectivity index (χ1) is 11.7. The summed E-state index contributed by atoms with van der Waals surface area (Å²) in [6, 6.07) is 22.9. The predicted octanol–water partition coefficient (Wildman–Crippen LogP) is 4.01. The van der Waals surface area contributed by atoms with Gasteiger partial charge in [0, 0.05) is 11.4 Å². The summed E-state index contributed by atoms with van der Waals surface area (Å²) in [7, 11) is 0. The highest BCUT2D eigenvalue weighted by Gasteiger charge is 2.00. The maximum absolute atomic E-state index is 5.77. The molecule has 0 aliphatic heterocycles. The van der Waals surface area contributed by atoms with Crippen LogP contribution in [0.15, 0.2) is 72.8 Å². The van der Waals surface area contributed by atoms with Crippen LogP contribution in [0, 0.1) is 0 Å². The minimum Gasteiger partial charge on any atom is -0.489 e. The van der Waals surface area contributed by atoms with E-state index in [2.05, 4.69) is 6.07 Å². The third-order valence-electron chi connectivity index (χ3n) is 3.56. The number of hydrogen-bond donors (Lipinski definition) is 2. The van der Waals surface area contributed by atoms with E-state index in [0.29, 0.717) is 13.2 Å². The van der Waals surface area contributed by atoms with Gasteiger partial charge in [0.15, 0.2) is 0 Å². The molecule has 0 saturated carbocycles. The zero-order valence-electron chi connectivity index (χ0n) is 13.3. The Labute approximate surface area is 141 Å². The van der Waals surface area contributed by atoms with Crippen molar-refractivity contribution in [2.24, 2.45) is 0 Å². The van der Waals surface area contributed by atoms with Crippen molar-refractivity contribution in [3.8, 4) is 11.5 Å². The van der Waals surface area contributed by atoms with Crippen LogP contribution in [-0.2, 0) is 13.2 Å². The van der Waals surface area contributed by atoms with E-state index in [4.69, 9.17) is 20.9 Å². The van der Waals surface area contributed by atoms with Gasteiger partial charge in [-0.15, -0.1) is 0 Å². The van der Waals surface area contributed by atoms with Gasteiger partial charge in [0.1, 0.15) is 24.7 Å². The molecule has 0 aromatic heterocycles. The molecule has 0 unspecified atom stereocenters. The van der Waals surface area contributed by atoms with E-state index < -0.39 is 0 Å². The van der Waals surface area contributed by atoms with Crippen LogP contribution in [0.1, 0.15) is 11.1 Å². The van der Waals surface area contributed by atoms with E-state index in [-0.39, 0.29) is 0 Å². The van der Waals surface area contributed by atoms with Gasteiger partial charge in [-0.25, -0.2) is 0 Å². The maximum atomic E-state index is 5.77. The molecule has 122 valence electrons. The van der Waals surface area contributed by atoms with Crippen LogP contribution in [0.25, 0.3) is 0 Å². The predicted molar refractivity (Wildman–Crippen MR) is 96.8 cm³/mol. The Kier molecular flexibility index (Phi) is 4.87. The normalized spacial score (nSPS) is 10.3. The van der Waals surface area contributed by atoms with Gasteiger partial charge in [0.25, 0.3) is 0 Å². The lowest BCUT2D eigenvalue weighted by atomic mass is 10.1. The van der Waals surface area contributed by atoms with Crippen molar-refractivity contribution in [3.05, 3.63) is 83.9 Å². The van der Waals surface area contributed by atoms with Gasteiger partial charge in [-0.2, -0.15) is 0 Å². The summed E-state index contributed by atoms with van der Waals surface area (Å²) in [5, 5.41) is 0. The third kappa shape index (κ3) is 4.43. The van der Waals surface area contributed by atoms with E-state index >= 15 is 0 Å². The van der Waals surface area contributed by atoms with Gasteiger partial charge in [-0.05, 0) is 65.7 Å². The second-order valence-corrected chi connectivity index (χ2v) is 5.54. The molecule has 4 heteroatoms. The Morgan fingerprint density at radius 1 is 0.583 bits per heavy atom. The van der Waals surface area contributed by atoms with Gasteiger partial charge in [0.05, 0.1) is 0 Å². The van der Waals surface area contributed by atoms with Crippen LogP contribution in [0.3, 0.4) is 0 Å². The highest BCUT2D eigenvalue weighted by atomic mass is 16.5. The number of nitrogens with two attached hydrogens (primary N) is 2. The molecule has 3 aromatic rings. The van der Waals surface area contributed by atoms with Crippen LogP contribution < -0.4 is 20.9 Å². The lowest BCUT2D eigenvalue weighted by Crippen LogP contribution is -1.99. The third-order valence-corrected chi connectivity index (χ3v) is 3.56. The van der Waals surface area contributed by atoms with Gasteiger partial charge < -0.3 is 20.9 Å². The molecule has 0 radical (unpaired) electrons. The first-order valence-electron chi connectivity index (χ1n) is 7.73. The summed E-state index contributed by atoms with van der Waals surface area (Å²) < 4.78 is 11.5. The molecule has 0 bridgehead atoms. The number of nitrogen functional groups attached to an aromatic ring is 2. The van der Waals surface area contributed by atoms with Crippen molar-refractivity contribution in [2.75, 3.05) is 11.5 Å².